The fraction of sp³-hybridized carbons (Fsp3) is 0.238. The maximum Gasteiger partial charge on any atom is 0.323 e. The molecule has 0 bridgehead atoms. The summed E-state index contributed by atoms with van der Waals surface area (Å²) in [5, 5.41) is 13.0. The van der Waals surface area contributed by atoms with Crippen LogP contribution in [0.1, 0.15) is 6.42 Å². The Kier molecular flexibility index (Phi) is 5.44. The van der Waals surface area contributed by atoms with Gasteiger partial charge in [0.25, 0.3) is 0 Å². The number of ether oxygens (including phenoxy) is 1. The Morgan fingerprint density at radius 1 is 1.17 bits per heavy atom. The van der Waals surface area contributed by atoms with Crippen molar-refractivity contribution in [1.29, 1.82) is 0 Å². The number of benzene rings is 2. The Morgan fingerprint density at radius 3 is 2.62 bits per heavy atom. The topological polar surface area (TPSA) is 80.2 Å². The second kappa shape index (κ2) is 8.32. The van der Waals surface area contributed by atoms with Gasteiger partial charge in [0.15, 0.2) is 0 Å². The average Bonchev–Trinajstić information content (AvgIpc) is 3.36. The van der Waals surface area contributed by atoms with Crippen molar-refractivity contribution in [1.82, 2.24) is 15.1 Å². The maximum atomic E-state index is 13.0. The molecule has 150 valence electrons. The average molecular weight is 395 g/mol. The number of halogens is 1. The van der Waals surface area contributed by atoms with Gasteiger partial charge in [-0.25, -0.2) is 9.18 Å². The minimum absolute atomic E-state index is 0.113. The molecule has 0 aliphatic carbocycles. The first-order chi connectivity index (χ1) is 14.1. The van der Waals surface area contributed by atoms with Crippen molar-refractivity contribution in [3.05, 3.63) is 60.5 Å². The van der Waals surface area contributed by atoms with Crippen molar-refractivity contribution in [2.24, 2.45) is 7.05 Å². The van der Waals surface area contributed by atoms with Gasteiger partial charge in [0.2, 0.25) is 0 Å². The zero-order valence-electron chi connectivity index (χ0n) is 16.0. The number of aromatic nitrogens is 2. The number of hydrogen-bond acceptors (Lipinski definition) is 4. The molecule has 29 heavy (non-hydrogen) atoms. The van der Waals surface area contributed by atoms with Crippen LogP contribution in [0.5, 0.6) is 5.75 Å². The van der Waals surface area contributed by atoms with Crippen LogP contribution in [0.4, 0.5) is 20.6 Å². The lowest BCUT2D eigenvalue weighted by molar-refractivity contribution is 0.224. The molecule has 3 N–H and O–H groups in total. The molecule has 4 rings (SSSR count). The van der Waals surface area contributed by atoms with E-state index in [2.05, 4.69) is 21.0 Å². The first-order valence-corrected chi connectivity index (χ1v) is 9.42. The van der Waals surface area contributed by atoms with Gasteiger partial charge in [-0.2, -0.15) is 5.10 Å². The number of anilines is 2. The number of rotatable bonds is 5. The van der Waals surface area contributed by atoms with E-state index in [1.807, 2.05) is 25.2 Å². The molecule has 1 aliphatic heterocycles. The molecule has 0 spiro atoms. The van der Waals surface area contributed by atoms with E-state index in [1.165, 1.54) is 24.3 Å². The molecule has 2 amide bonds. The Balaban J connectivity index is 1.55. The summed E-state index contributed by atoms with van der Waals surface area (Å²) >= 11 is 0. The third-order valence-corrected chi connectivity index (χ3v) is 4.75. The number of aryl methyl sites for hydroxylation is 1. The van der Waals surface area contributed by atoms with Gasteiger partial charge in [-0.05, 0) is 61.5 Å². The SMILES string of the molecule is Cn1nccc1-c1cc(NC(=O)Nc2ccc(F)cc2)ccc1O[C@H]1CCNC1. The van der Waals surface area contributed by atoms with Crippen molar-refractivity contribution in [3.8, 4) is 17.0 Å². The predicted molar refractivity (Wildman–Crippen MR) is 110 cm³/mol. The lowest BCUT2D eigenvalue weighted by Crippen LogP contribution is -2.21. The van der Waals surface area contributed by atoms with E-state index in [1.54, 1.807) is 16.9 Å². The van der Waals surface area contributed by atoms with E-state index in [9.17, 15) is 9.18 Å². The fourth-order valence-electron chi connectivity index (χ4n) is 3.28. The van der Waals surface area contributed by atoms with Crippen LogP contribution >= 0.6 is 0 Å². The highest BCUT2D eigenvalue weighted by atomic mass is 19.1. The molecule has 1 aromatic heterocycles. The molecule has 0 saturated carbocycles. The highest BCUT2D eigenvalue weighted by Crippen LogP contribution is 2.33. The van der Waals surface area contributed by atoms with Gasteiger partial charge in [-0.3, -0.25) is 4.68 Å². The number of nitrogens with zero attached hydrogens (tertiary/aromatic N) is 2. The van der Waals surface area contributed by atoms with Crippen LogP contribution in [-0.2, 0) is 7.05 Å². The number of amides is 2. The van der Waals surface area contributed by atoms with Crippen molar-refractivity contribution in [3.63, 3.8) is 0 Å². The second-order valence-electron chi connectivity index (χ2n) is 6.87. The van der Waals surface area contributed by atoms with Crippen LogP contribution in [0.3, 0.4) is 0 Å². The summed E-state index contributed by atoms with van der Waals surface area (Å²) in [5.41, 5.74) is 2.84. The van der Waals surface area contributed by atoms with Gasteiger partial charge in [0.05, 0.1) is 5.69 Å². The Morgan fingerprint density at radius 2 is 1.93 bits per heavy atom. The maximum absolute atomic E-state index is 13.0. The summed E-state index contributed by atoms with van der Waals surface area (Å²) in [7, 11) is 1.86. The van der Waals surface area contributed by atoms with Gasteiger partial charge in [-0.1, -0.05) is 0 Å². The van der Waals surface area contributed by atoms with Gasteiger partial charge in [0.1, 0.15) is 17.7 Å². The zero-order chi connectivity index (χ0) is 20.2. The molecule has 1 fully saturated rings. The Bertz CT molecular complexity index is 997. The van der Waals surface area contributed by atoms with Crippen molar-refractivity contribution in [2.75, 3.05) is 23.7 Å². The summed E-state index contributed by atoms with van der Waals surface area (Å²) in [6.45, 7) is 1.75. The van der Waals surface area contributed by atoms with Gasteiger partial charge < -0.3 is 20.7 Å². The molecule has 1 atom stereocenters. The zero-order valence-corrected chi connectivity index (χ0v) is 16.0. The van der Waals surface area contributed by atoms with Crippen molar-refractivity contribution >= 4 is 17.4 Å². The lowest BCUT2D eigenvalue weighted by Gasteiger charge is -2.18. The van der Waals surface area contributed by atoms with Crippen LogP contribution < -0.4 is 20.7 Å². The molecular weight excluding hydrogens is 373 g/mol. The van der Waals surface area contributed by atoms with Crippen LogP contribution in [0.25, 0.3) is 11.3 Å². The number of carbonyl (C=O) groups excluding carboxylic acids is 1. The molecule has 1 saturated heterocycles. The van der Waals surface area contributed by atoms with Crippen LogP contribution in [0, 0.1) is 5.82 Å². The first kappa shape index (κ1) is 18.9. The van der Waals surface area contributed by atoms with Gasteiger partial charge in [-0.15, -0.1) is 0 Å². The van der Waals surface area contributed by atoms with E-state index in [-0.39, 0.29) is 11.9 Å². The number of nitrogens with one attached hydrogen (secondary N) is 3. The fourth-order valence-corrected chi connectivity index (χ4v) is 3.28. The summed E-state index contributed by atoms with van der Waals surface area (Å²) in [6.07, 6.45) is 2.78. The molecule has 2 heterocycles. The molecule has 0 unspecified atom stereocenters. The largest absolute Gasteiger partial charge is 0.488 e. The molecular formula is C21H22FN5O2. The van der Waals surface area contributed by atoms with Gasteiger partial charge >= 0.3 is 6.03 Å². The van der Waals surface area contributed by atoms with Crippen LogP contribution in [0.2, 0.25) is 0 Å². The summed E-state index contributed by atoms with van der Waals surface area (Å²) in [5.74, 6) is 0.386. The number of hydrogen-bond donors (Lipinski definition) is 3. The molecule has 3 aromatic rings. The summed E-state index contributed by atoms with van der Waals surface area (Å²) in [6, 6.07) is 12.6. The first-order valence-electron chi connectivity index (χ1n) is 9.42. The molecule has 2 aromatic carbocycles. The van der Waals surface area contributed by atoms with E-state index in [4.69, 9.17) is 4.74 Å². The Labute approximate surface area is 167 Å². The molecule has 8 heteroatoms. The monoisotopic (exact) mass is 395 g/mol. The van der Waals surface area contributed by atoms with E-state index < -0.39 is 6.03 Å². The van der Waals surface area contributed by atoms with E-state index in [0.717, 1.165) is 36.5 Å². The minimum Gasteiger partial charge on any atom is -0.488 e. The highest BCUT2D eigenvalue weighted by molar-refractivity contribution is 6.00. The molecule has 0 radical (unpaired) electrons. The van der Waals surface area contributed by atoms with E-state index >= 15 is 0 Å². The summed E-state index contributed by atoms with van der Waals surface area (Å²) < 4.78 is 21.0. The van der Waals surface area contributed by atoms with Crippen LogP contribution in [0.15, 0.2) is 54.7 Å². The normalized spacial score (nSPS) is 15.9. The van der Waals surface area contributed by atoms with Crippen LogP contribution in [-0.4, -0.2) is 35.0 Å². The standard InChI is InChI=1S/C21H22FN5O2/c1-27-19(9-11-24-27)18-12-16(6-7-20(18)29-17-8-10-23-13-17)26-21(28)25-15-4-2-14(22)3-5-15/h2-7,9,11-12,17,23H,8,10,13H2,1H3,(H2,25,26,28)/t17-/m0/s1. The number of urea groups is 1. The summed E-state index contributed by atoms with van der Waals surface area (Å²) in [4.78, 5) is 12.3. The van der Waals surface area contributed by atoms with Crippen molar-refractivity contribution < 1.29 is 13.9 Å². The third kappa shape index (κ3) is 4.55. The quantitative estimate of drug-likeness (QED) is 0.617. The minimum atomic E-state index is -0.416. The smallest absolute Gasteiger partial charge is 0.323 e. The predicted octanol–water partition coefficient (Wildman–Crippen LogP) is 3.61. The van der Waals surface area contributed by atoms with E-state index in [0.29, 0.717) is 11.4 Å². The molecule has 1 aliphatic rings. The Hall–Kier alpha value is -3.39. The second-order valence-corrected chi connectivity index (χ2v) is 6.87. The lowest BCUT2D eigenvalue weighted by atomic mass is 10.1. The number of carbonyl (C=O) groups is 1. The van der Waals surface area contributed by atoms with Crippen molar-refractivity contribution in [2.45, 2.75) is 12.5 Å². The molecule has 7 nitrogen and oxygen atoms in total. The third-order valence-electron chi connectivity index (χ3n) is 4.75. The highest BCUT2D eigenvalue weighted by Gasteiger charge is 2.19. The van der Waals surface area contributed by atoms with Gasteiger partial charge in [0, 0.05) is 36.7 Å².